The highest BCUT2D eigenvalue weighted by atomic mass is 32.2. The van der Waals surface area contributed by atoms with E-state index in [9.17, 15) is 8.42 Å². The molecule has 1 atom stereocenters. The maximum absolute atomic E-state index is 12.3. The lowest BCUT2D eigenvalue weighted by Crippen LogP contribution is -2.41. The van der Waals surface area contributed by atoms with E-state index < -0.39 is 10.0 Å². The lowest BCUT2D eigenvalue weighted by molar-refractivity contribution is 0.313. The van der Waals surface area contributed by atoms with Gasteiger partial charge in [0.25, 0.3) is 0 Å². The van der Waals surface area contributed by atoms with E-state index in [-0.39, 0.29) is 16.4 Å². The molecule has 1 aromatic rings. The largest absolute Gasteiger partial charge is 0.240 e. The SMILES string of the molecule is CC1(C)CCCC1NS(=O)(=O)c1ccc(C#N)cc1. The van der Waals surface area contributed by atoms with E-state index >= 15 is 0 Å². The fourth-order valence-corrected chi connectivity index (χ4v) is 3.95. The van der Waals surface area contributed by atoms with Gasteiger partial charge in [-0.1, -0.05) is 20.3 Å². The van der Waals surface area contributed by atoms with Crippen molar-refractivity contribution >= 4 is 10.0 Å². The fourth-order valence-electron chi connectivity index (χ4n) is 2.51. The number of hydrogen-bond acceptors (Lipinski definition) is 3. The molecule has 1 aliphatic rings. The molecular formula is C14H18N2O2S. The van der Waals surface area contributed by atoms with E-state index in [0.717, 1.165) is 19.3 Å². The van der Waals surface area contributed by atoms with Crippen LogP contribution in [-0.4, -0.2) is 14.5 Å². The van der Waals surface area contributed by atoms with Crippen LogP contribution in [0, 0.1) is 16.7 Å². The maximum atomic E-state index is 12.3. The van der Waals surface area contributed by atoms with Crippen LogP contribution >= 0.6 is 0 Å². The molecule has 1 saturated carbocycles. The lowest BCUT2D eigenvalue weighted by atomic mass is 9.88. The number of nitriles is 1. The first kappa shape index (κ1) is 14.0. The Morgan fingerprint density at radius 1 is 1.32 bits per heavy atom. The molecule has 102 valence electrons. The zero-order valence-electron chi connectivity index (χ0n) is 11.2. The number of nitrogens with zero attached hydrogens (tertiary/aromatic N) is 1. The smallest absolute Gasteiger partial charge is 0.208 e. The van der Waals surface area contributed by atoms with Gasteiger partial charge in [-0.15, -0.1) is 0 Å². The molecule has 1 unspecified atom stereocenters. The normalized spacial score (nSPS) is 22.1. The minimum Gasteiger partial charge on any atom is -0.208 e. The summed E-state index contributed by atoms with van der Waals surface area (Å²) in [6, 6.07) is 7.95. The standard InChI is InChI=1S/C14H18N2O2S/c1-14(2)9-3-4-13(14)16-19(17,18)12-7-5-11(10-15)6-8-12/h5-8,13,16H,3-4,9H2,1-2H3. The molecule has 1 aromatic carbocycles. The molecule has 0 bridgehead atoms. The van der Waals surface area contributed by atoms with E-state index in [2.05, 4.69) is 18.6 Å². The van der Waals surface area contributed by atoms with E-state index in [1.54, 1.807) is 0 Å². The van der Waals surface area contributed by atoms with Crippen molar-refractivity contribution in [3.8, 4) is 6.07 Å². The quantitative estimate of drug-likeness (QED) is 0.923. The Bertz CT molecular complexity index is 597. The van der Waals surface area contributed by atoms with Gasteiger partial charge in [-0.3, -0.25) is 0 Å². The third-order valence-corrected chi connectivity index (χ3v) is 5.34. The van der Waals surface area contributed by atoms with Crippen molar-refractivity contribution in [2.45, 2.75) is 44.0 Å². The third kappa shape index (κ3) is 2.96. The molecule has 1 fully saturated rings. The van der Waals surface area contributed by atoms with E-state index in [4.69, 9.17) is 5.26 Å². The minimum atomic E-state index is -3.50. The van der Waals surface area contributed by atoms with Crippen molar-refractivity contribution in [2.24, 2.45) is 5.41 Å². The van der Waals surface area contributed by atoms with Crippen LogP contribution in [-0.2, 0) is 10.0 Å². The van der Waals surface area contributed by atoms with Gasteiger partial charge >= 0.3 is 0 Å². The first-order valence-corrected chi connectivity index (χ1v) is 7.86. The molecule has 0 amide bonds. The van der Waals surface area contributed by atoms with Crippen LogP contribution in [0.2, 0.25) is 0 Å². The van der Waals surface area contributed by atoms with Gasteiger partial charge in [0.05, 0.1) is 16.5 Å². The van der Waals surface area contributed by atoms with Gasteiger partial charge in [-0.25, -0.2) is 13.1 Å². The predicted octanol–water partition coefficient (Wildman–Crippen LogP) is 2.42. The molecule has 0 saturated heterocycles. The summed E-state index contributed by atoms with van der Waals surface area (Å²) >= 11 is 0. The Balaban J connectivity index is 2.21. The van der Waals surface area contributed by atoms with E-state index in [1.807, 2.05) is 6.07 Å². The van der Waals surface area contributed by atoms with Crippen LogP contribution in [0.5, 0.6) is 0 Å². The maximum Gasteiger partial charge on any atom is 0.240 e. The zero-order chi connectivity index (χ0) is 14.1. The third-order valence-electron chi connectivity index (χ3n) is 3.85. The first-order chi connectivity index (χ1) is 8.85. The van der Waals surface area contributed by atoms with Gasteiger partial charge in [0.2, 0.25) is 10.0 Å². The number of nitrogens with one attached hydrogen (secondary N) is 1. The van der Waals surface area contributed by atoms with E-state index in [0.29, 0.717) is 5.56 Å². The van der Waals surface area contributed by atoms with E-state index in [1.165, 1.54) is 24.3 Å². The summed E-state index contributed by atoms with van der Waals surface area (Å²) in [4.78, 5) is 0.217. The molecule has 2 rings (SSSR count). The van der Waals surface area contributed by atoms with Gasteiger partial charge in [0, 0.05) is 6.04 Å². The first-order valence-electron chi connectivity index (χ1n) is 6.38. The highest BCUT2D eigenvalue weighted by Crippen LogP contribution is 2.37. The second-order valence-corrected chi connectivity index (χ2v) is 7.40. The molecular weight excluding hydrogens is 260 g/mol. The number of hydrogen-bond donors (Lipinski definition) is 1. The average Bonchev–Trinajstić information content (AvgIpc) is 2.68. The predicted molar refractivity (Wildman–Crippen MR) is 72.9 cm³/mol. The summed E-state index contributed by atoms with van der Waals surface area (Å²) in [5.41, 5.74) is 0.458. The number of rotatable bonds is 3. The number of sulfonamides is 1. The summed E-state index contributed by atoms with van der Waals surface area (Å²) in [5.74, 6) is 0. The number of benzene rings is 1. The van der Waals surface area contributed by atoms with Gasteiger partial charge in [0.15, 0.2) is 0 Å². The Hall–Kier alpha value is -1.38. The van der Waals surface area contributed by atoms with Crippen LogP contribution in [0.15, 0.2) is 29.2 Å². The molecule has 0 radical (unpaired) electrons. The molecule has 1 aliphatic carbocycles. The molecule has 0 spiro atoms. The Kier molecular flexibility index (Phi) is 3.66. The van der Waals surface area contributed by atoms with Crippen molar-refractivity contribution in [3.63, 3.8) is 0 Å². The molecule has 0 aliphatic heterocycles. The topological polar surface area (TPSA) is 70.0 Å². The summed E-state index contributed by atoms with van der Waals surface area (Å²) in [5, 5.41) is 8.71. The lowest BCUT2D eigenvalue weighted by Gasteiger charge is -2.27. The Morgan fingerprint density at radius 3 is 2.42 bits per heavy atom. The van der Waals surface area contributed by atoms with Crippen LogP contribution < -0.4 is 4.72 Å². The molecule has 1 N–H and O–H groups in total. The summed E-state index contributed by atoms with van der Waals surface area (Å²) < 4.78 is 27.4. The van der Waals surface area contributed by atoms with Crippen molar-refractivity contribution in [2.75, 3.05) is 0 Å². The van der Waals surface area contributed by atoms with Crippen molar-refractivity contribution in [1.29, 1.82) is 5.26 Å². The summed E-state index contributed by atoms with van der Waals surface area (Å²) in [6.07, 6.45) is 2.96. The second-order valence-electron chi connectivity index (χ2n) is 5.69. The Morgan fingerprint density at radius 2 is 1.95 bits per heavy atom. The van der Waals surface area contributed by atoms with Crippen molar-refractivity contribution in [1.82, 2.24) is 4.72 Å². The van der Waals surface area contributed by atoms with Crippen LogP contribution in [0.25, 0.3) is 0 Å². The van der Waals surface area contributed by atoms with Crippen molar-refractivity contribution < 1.29 is 8.42 Å². The second kappa shape index (κ2) is 4.95. The highest BCUT2D eigenvalue weighted by Gasteiger charge is 2.37. The molecule has 0 aromatic heterocycles. The monoisotopic (exact) mass is 278 g/mol. The molecule has 0 heterocycles. The zero-order valence-corrected chi connectivity index (χ0v) is 12.0. The van der Waals surface area contributed by atoms with Gasteiger partial charge < -0.3 is 0 Å². The van der Waals surface area contributed by atoms with Crippen LogP contribution in [0.4, 0.5) is 0 Å². The highest BCUT2D eigenvalue weighted by molar-refractivity contribution is 7.89. The van der Waals surface area contributed by atoms with Gasteiger partial charge in [-0.2, -0.15) is 5.26 Å². The molecule has 19 heavy (non-hydrogen) atoms. The minimum absolute atomic E-state index is 0.000333. The van der Waals surface area contributed by atoms with Gasteiger partial charge in [-0.05, 0) is 42.5 Å². The average molecular weight is 278 g/mol. The van der Waals surface area contributed by atoms with Gasteiger partial charge in [0.1, 0.15) is 0 Å². The fraction of sp³-hybridized carbons (Fsp3) is 0.500. The van der Waals surface area contributed by atoms with Crippen molar-refractivity contribution in [3.05, 3.63) is 29.8 Å². The molecule has 4 nitrogen and oxygen atoms in total. The van der Waals surface area contributed by atoms with Crippen LogP contribution in [0.1, 0.15) is 38.7 Å². The summed E-state index contributed by atoms with van der Waals surface area (Å²) in [7, 11) is -3.50. The Labute approximate surface area is 114 Å². The van der Waals surface area contributed by atoms with Crippen LogP contribution in [0.3, 0.4) is 0 Å². The molecule has 5 heteroatoms. The summed E-state index contributed by atoms with van der Waals surface area (Å²) in [6.45, 7) is 4.18.